The topological polar surface area (TPSA) is 58.6 Å². The maximum Gasteiger partial charge on any atom is 0.254 e. The molecule has 28 heavy (non-hydrogen) atoms. The van der Waals surface area contributed by atoms with E-state index >= 15 is 0 Å². The predicted molar refractivity (Wildman–Crippen MR) is 108 cm³/mol. The van der Waals surface area contributed by atoms with Crippen LogP contribution in [0.4, 0.5) is 10.1 Å². The number of nitrogens with one attached hydrogen (secondary N) is 1. The first-order chi connectivity index (χ1) is 13.5. The summed E-state index contributed by atoms with van der Waals surface area (Å²) in [5.41, 5.74) is 1.27. The molecule has 2 aliphatic rings. The van der Waals surface area contributed by atoms with Crippen LogP contribution in [0.15, 0.2) is 48.0 Å². The minimum absolute atomic E-state index is 0.0978. The zero-order valence-electron chi connectivity index (χ0n) is 14.7. The van der Waals surface area contributed by atoms with Crippen molar-refractivity contribution in [3.63, 3.8) is 0 Å². The summed E-state index contributed by atoms with van der Waals surface area (Å²) in [6.07, 6.45) is 1.74. The van der Waals surface area contributed by atoms with Crippen LogP contribution in [0.2, 0.25) is 5.02 Å². The van der Waals surface area contributed by atoms with Gasteiger partial charge in [-0.15, -0.1) is 11.8 Å². The van der Waals surface area contributed by atoms with Crippen molar-refractivity contribution in [2.45, 2.75) is 6.04 Å². The fourth-order valence-corrected chi connectivity index (χ4v) is 4.43. The van der Waals surface area contributed by atoms with E-state index in [1.165, 1.54) is 28.8 Å². The standard InChI is InChI=1S/C20H16ClFN2O3S/c21-14-5-6-18-12(8-14)7-13(9-27-18)20(26)24-11-28-10-17(24)19(25)23-16-4-2-1-3-15(16)22/h1-8,17H,9-11H2,(H,23,25). The van der Waals surface area contributed by atoms with Crippen LogP contribution in [0.5, 0.6) is 5.75 Å². The van der Waals surface area contributed by atoms with Gasteiger partial charge in [-0.1, -0.05) is 23.7 Å². The lowest BCUT2D eigenvalue weighted by molar-refractivity contribution is -0.133. The van der Waals surface area contributed by atoms with Crippen LogP contribution in [0.25, 0.3) is 6.08 Å². The number of halogens is 2. The summed E-state index contributed by atoms with van der Waals surface area (Å²) >= 11 is 7.49. The first-order valence-corrected chi connectivity index (χ1v) is 10.1. The summed E-state index contributed by atoms with van der Waals surface area (Å²) in [4.78, 5) is 27.2. The molecular weight excluding hydrogens is 403 g/mol. The highest BCUT2D eigenvalue weighted by atomic mass is 35.5. The van der Waals surface area contributed by atoms with Crippen molar-refractivity contribution in [1.82, 2.24) is 4.90 Å². The molecule has 1 saturated heterocycles. The molecule has 0 spiro atoms. The number of carbonyl (C=O) groups is 2. The number of rotatable bonds is 3. The molecule has 2 heterocycles. The van der Waals surface area contributed by atoms with Gasteiger partial charge in [-0.05, 0) is 36.4 Å². The second kappa shape index (κ2) is 7.85. The van der Waals surface area contributed by atoms with Gasteiger partial charge >= 0.3 is 0 Å². The molecule has 8 heteroatoms. The van der Waals surface area contributed by atoms with Crippen molar-refractivity contribution in [3.8, 4) is 5.75 Å². The summed E-state index contributed by atoms with van der Waals surface area (Å²) in [6.45, 7) is 0.121. The Balaban J connectivity index is 1.52. The van der Waals surface area contributed by atoms with Crippen LogP contribution in [-0.2, 0) is 9.59 Å². The van der Waals surface area contributed by atoms with Gasteiger partial charge in [0.15, 0.2) is 0 Å². The largest absolute Gasteiger partial charge is 0.488 e. The van der Waals surface area contributed by atoms with E-state index in [4.69, 9.17) is 16.3 Å². The quantitative estimate of drug-likeness (QED) is 0.823. The van der Waals surface area contributed by atoms with Crippen LogP contribution in [0.3, 0.4) is 0 Å². The van der Waals surface area contributed by atoms with E-state index in [1.807, 2.05) is 0 Å². The zero-order chi connectivity index (χ0) is 19.7. The number of amides is 2. The molecule has 2 amide bonds. The SMILES string of the molecule is O=C(Nc1ccccc1F)C1CSCN1C(=O)C1=Cc2cc(Cl)ccc2OC1. The highest BCUT2D eigenvalue weighted by Gasteiger charge is 2.36. The molecule has 2 aromatic rings. The average Bonchev–Trinajstić information content (AvgIpc) is 3.18. The third-order valence-electron chi connectivity index (χ3n) is 4.54. The Hall–Kier alpha value is -2.51. The van der Waals surface area contributed by atoms with E-state index in [0.29, 0.717) is 28.0 Å². The van der Waals surface area contributed by atoms with Crippen LogP contribution in [0.1, 0.15) is 5.56 Å². The molecule has 0 bridgehead atoms. The predicted octanol–water partition coefficient (Wildman–Crippen LogP) is 3.80. The van der Waals surface area contributed by atoms with Crippen molar-refractivity contribution in [2.24, 2.45) is 0 Å². The minimum atomic E-state index is -0.682. The molecule has 5 nitrogen and oxygen atoms in total. The molecular formula is C20H16ClFN2O3S. The smallest absolute Gasteiger partial charge is 0.254 e. The first kappa shape index (κ1) is 18.8. The molecule has 0 aromatic heterocycles. The van der Waals surface area contributed by atoms with E-state index in [9.17, 15) is 14.0 Å². The van der Waals surface area contributed by atoms with E-state index in [0.717, 1.165) is 5.56 Å². The molecule has 1 unspecified atom stereocenters. The van der Waals surface area contributed by atoms with Gasteiger partial charge in [-0.3, -0.25) is 9.59 Å². The summed E-state index contributed by atoms with van der Waals surface area (Å²) in [7, 11) is 0. The normalized spacial score (nSPS) is 18.1. The molecule has 2 aromatic carbocycles. The second-order valence-corrected chi connectivity index (χ2v) is 7.84. The molecule has 0 saturated carbocycles. The number of thioether (sulfide) groups is 1. The summed E-state index contributed by atoms with van der Waals surface area (Å²) in [6, 6.07) is 10.5. The van der Waals surface area contributed by atoms with Crippen molar-refractivity contribution in [3.05, 3.63) is 64.4 Å². The first-order valence-electron chi connectivity index (χ1n) is 8.60. The number of carbonyl (C=O) groups excluding carboxylic acids is 2. The van der Waals surface area contributed by atoms with Gasteiger partial charge in [0.2, 0.25) is 5.91 Å². The highest BCUT2D eigenvalue weighted by molar-refractivity contribution is 7.99. The molecule has 4 rings (SSSR count). The molecule has 0 aliphatic carbocycles. The van der Waals surface area contributed by atoms with Gasteiger partial charge in [0.05, 0.1) is 17.1 Å². The van der Waals surface area contributed by atoms with E-state index < -0.39 is 17.8 Å². The molecule has 144 valence electrons. The fraction of sp³-hybridized carbons (Fsp3) is 0.200. The Morgan fingerprint density at radius 3 is 2.89 bits per heavy atom. The lowest BCUT2D eigenvalue weighted by atomic mass is 10.1. The monoisotopic (exact) mass is 418 g/mol. The van der Waals surface area contributed by atoms with Crippen molar-refractivity contribution in [2.75, 3.05) is 23.6 Å². The van der Waals surface area contributed by atoms with Gasteiger partial charge in [-0.2, -0.15) is 0 Å². The third-order valence-corrected chi connectivity index (χ3v) is 5.78. The molecule has 0 radical (unpaired) electrons. The van der Waals surface area contributed by atoms with Crippen LogP contribution in [-0.4, -0.2) is 41.0 Å². The average molecular weight is 419 g/mol. The van der Waals surface area contributed by atoms with Crippen LogP contribution < -0.4 is 10.1 Å². The maximum atomic E-state index is 13.8. The lowest BCUT2D eigenvalue weighted by Crippen LogP contribution is -2.45. The van der Waals surface area contributed by atoms with E-state index in [2.05, 4.69) is 5.32 Å². The molecule has 2 aliphatic heterocycles. The Labute approximate surface area is 170 Å². The lowest BCUT2D eigenvalue weighted by Gasteiger charge is -2.26. The number of para-hydroxylation sites is 1. The summed E-state index contributed by atoms with van der Waals surface area (Å²) < 4.78 is 19.5. The van der Waals surface area contributed by atoms with Crippen molar-refractivity contribution >= 4 is 46.9 Å². The van der Waals surface area contributed by atoms with Gasteiger partial charge in [0.1, 0.15) is 24.2 Å². The molecule has 1 atom stereocenters. The molecule has 1 fully saturated rings. The van der Waals surface area contributed by atoms with Gasteiger partial charge < -0.3 is 15.0 Å². The summed E-state index contributed by atoms with van der Waals surface area (Å²) in [5.74, 6) is 0.284. The Bertz CT molecular complexity index is 982. The zero-order valence-corrected chi connectivity index (χ0v) is 16.2. The van der Waals surface area contributed by atoms with Crippen LogP contribution in [0, 0.1) is 5.82 Å². The summed E-state index contributed by atoms with van der Waals surface area (Å²) in [5, 5.41) is 3.12. The highest BCUT2D eigenvalue weighted by Crippen LogP contribution is 2.31. The van der Waals surface area contributed by atoms with E-state index in [-0.39, 0.29) is 18.2 Å². The van der Waals surface area contributed by atoms with Crippen molar-refractivity contribution < 1.29 is 18.7 Å². The number of hydrogen-bond acceptors (Lipinski definition) is 4. The second-order valence-electron chi connectivity index (χ2n) is 6.40. The van der Waals surface area contributed by atoms with Crippen molar-refractivity contribution in [1.29, 1.82) is 0 Å². The Morgan fingerprint density at radius 2 is 2.07 bits per heavy atom. The number of fused-ring (bicyclic) bond motifs is 1. The number of benzene rings is 2. The van der Waals surface area contributed by atoms with Gasteiger partial charge in [0, 0.05) is 16.3 Å². The third kappa shape index (κ3) is 3.72. The van der Waals surface area contributed by atoms with E-state index in [1.54, 1.807) is 36.4 Å². The van der Waals surface area contributed by atoms with Crippen LogP contribution >= 0.6 is 23.4 Å². The number of nitrogens with zero attached hydrogens (tertiary/aromatic N) is 1. The Kier molecular flexibility index (Phi) is 5.28. The maximum absolute atomic E-state index is 13.8. The van der Waals surface area contributed by atoms with Gasteiger partial charge in [0.25, 0.3) is 5.91 Å². The fourth-order valence-electron chi connectivity index (χ4n) is 3.10. The number of anilines is 1. The molecule has 1 N–H and O–H groups in total. The van der Waals surface area contributed by atoms with Gasteiger partial charge in [-0.25, -0.2) is 4.39 Å². The Morgan fingerprint density at radius 1 is 1.25 bits per heavy atom. The number of hydrogen-bond donors (Lipinski definition) is 1. The number of ether oxygens (including phenoxy) is 1. The minimum Gasteiger partial charge on any atom is -0.488 e.